The van der Waals surface area contributed by atoms with Crippen molar-refractivity contribution in [3.8, 4) is 0 Å². The second-order valence-electron chi connectivity index (χ2n) is 7.30. The van der Waals surface area contributed by atoms with Crippen molar-refractivity contribution in [3.63, 3.8) is 0 Å². The third-order valence-corrected chi connectivity index (χ3v) is 7.72. The molecule has 1 aromatic carbocycles. The van der Waals surface area contributed by atoms with Crippen LogP contribution in [0.4, 0.5) is 0 Å². The molecule has 0 aromatic heterocycles. The number of nitrogens with one attached hydrogen (secondary N) is 1. The maximum Gasteiger partial charge on any atom is 0.178 e. The van der Waals surface area contributed by atoms with E-state index in [2.05, 4.69) is 5.32 Å². The molecule has 0 heterocycles. The van der Waals surface area contributed by atoms with Crippen LogP contribution in [0.3, 0.4) is 0 Å². The molecule has 1 aromatic rings. The van der Waals surface area contributed by atoms with Crippen LogP contribution in [0.1, 0.15) is 63.9 Å². The van der Waals surface area contributed by atoms with Crippen molar-refractivity contribution in [1.29, 1.82) is 0 Å². The summed E-state index contributed by atoms with van der Waals surface area (Å²) in [6.45, 7) is 2.54. The first-order chi connectivity index (χ1) is 11.1. The van der Waals surface area contributed by atoms with Crippen molar-refractivity contribution < 1.29 is 8.42 Å². The zero-order chi connectivity index (χ0) is 16.3. The van der Waals surface area contributed by atoms with Crippen LogP contribution in [0.5, 0.6) is 0 Å². The second-order valence-corrected chi connectivity index (χ2v) is 9.57. The zero-order valence-electron chi connectivity index (χ0n) is 14.2. The van der Waals surface area contributed by atoms with Crippen LogP contribution in [0.15, 0.2) is 29.2 Å². The highest BCUT2D eigenvalue weighted by Gasteiger charge is 2.42. The van der Waals surface area contributed by atoms with Crippen LogP contribution in [0.25, 0.3) is 0 Å². The van der Waals surface area contributed by atoms with Gasteiger partial charge in [-0.1, -0.05) is 44.7 Å². The van der Waals surface area contributed by atoms with E-state index in [1.54, 1.807) is 19.1 Å². The van der Waals surface area contributed by atoms with Gasteiger partial charge in [0.25, 0.3) is 0 Å². The molecule has 2 fully saturated rings. The molecule has 1 spiro atoms. The molecule has 0 amide bonds. The lowest BCUT2D eigenvalue weighted by molar-refractivity contribution is 0.148. The lowest BCUT2D eigenvalue weighted by Gasteiger charge is -2.39. The first-order valence-corrected chi connectivity index (χ1v) is 10.8. The molecule has 23 heavy (non-hydrogen) atoms. The average Bonchev–Trinajstić information content (AvgIpc) is 2.96. The summed E-state index contributed by atoms with van der Waals surface area (Å²) in [4.78, 5) is 0.438. The van der Waals surface area contributed by atoms with Crippen molar-refractivity contribution in [2.75, 3.05) is 5.75 Å². The van der Waals surface area contributed by atoms with E-state index >= 15 is 0 Å². The summed E-state index contributed by atoms with van der Waals surface area (Å²) in [5.74, 6) is 0.162. The SMILES string of the molecule is CCS(=O)(=O)c1ccc(CNC2CCCC23CCCCC3)cc1. The molecule has 0 aliphatic heterocycles. The van der Waals surface area contributed by atoms with E-state index in [1.165, 1.54) is 56.9 Å². The molecule has 3 nitrogen and oxygen atoms in total. The topological polar surface area (TPSA) is 46.2 Å². The molecule has 1 atom stereocenters. The molecule has 1 unspecified atom stereocenters. The van der Waals surface area contributed by atoms with E-state index in [0.717, 1.165) is 6.54 Å². The van der Waals surface area contributed by atoms with Gasteiger partial charge in [-0.25, -0.2) is 8.42 Å². The summed E-state index contributed by atoms with van der Waals surface area (Å²) in [6.07, 6.45) is 11.0. The van der Waals surface area contributed by atoms with Crippen molar-refractivity contribution >= 4 is 9.84 Å². The number of rotatable bonds is 5. The van der Waals surface area contributed by atoms with Gasteiger partial charge in [-0.2, -0.15) is 0 Å². The molecule has 1 N–H and O–H groups in total. The Morgan fingerprint density at radius 3 is 2.35 bits per heavy atom. The van der Waals surface area contributed by atoms with Gasteiger partial charge in [-0.15, -0.1) is 0 Å². The van der Waals surface area contributed by atoms with Gasteiger partial charge in [-0.05, 0) is 48.8 Å². The lowest BCUT2D eigenvalue weighted by Crippen LogP contribution is -2.42. The standard InChI is InChI=1S/C19H29NO2S/c1-2-23(21,22)17-10-8-16(9-11-17)15-20-18-7-6-14-19(18)12-4-3-5-13-19/h8-11,18,20H,2-7,12-15H2,1H3. The van der Waals surface area contributed by atoms with Gasteiger partial charge in [0.15, 0.2) is 9.84 Å². The van der Waals surface area contributed by atoms with E-state index in [1.807, 2.05) is 12.1 Å². The van der Waals surface area contributed by atoms with Gasteiger partial charge in [0.2, 0.25) is 0 Å². The van der Waals surface area contributed by atoms with Gasteiger partial charge in [0.1, 0.15) is 0 Å². The molecule has 2 aliphatic carbocycles. The van der Waals surface area contributed by atoms with Gasteiger partial charge < -0.3 is 5.32 Å². The first kappa shape index (κ1) is 17.0. The molecular weight excluding hydrogens is 306 g/mol. The van der Waals surface area contributed by atoms with Gasteiger partial charge in [-0.3, -0.25) is 0 Å². The predicted octanol–water partition coefficient (Wildman–Crippen LogP) is 4.07. The molecule has 128 valence electrons. The largest absolute Gasteiger partial charge is 0.309 e. The van der Waals surface area contributed by atoms with E-state index in [0.29, 0.717) is 16.4 Å². The highest BCUT2D eigenvalue weighted by Crippen LogP contribution is 2.49. The molecule has 4 heteroatoms. The van der Waals surface area contributed by atoms with Gasteiger partial charge >= 0.3 is 0 Å². The Bertz CT molecular complexity index is 615. The highest BCUT2D eigenvalue weighted by atomic mass is 32.2. The van der Waals surface area contributed by atoms with Crippen molar-refractivity contribution in [2.45, 2.75) is 75.8 Å². The number of benzene rings is 1. The quantitative estimate of drug-likeness (QED) is 0.882. The van der Waals surface area contributed by atoms with Crippen molar-refractivity contribution in [3.05, 3.63) is 29.8 Å². The average molecular weight is 336 g/mol. The Labute approximate surface area is 140 Å². The van der Waals surface area contributed by atoms with Crippen LogP contribution in [0, 0.1) is 5.41 Å². The zero-order valence-corrected chi connectivity index (χ0v) is 15.0. The third kappa shape index (κ3) is 3.63. The minimum Gasteiger partial charge on any atom is -0.309 e. The summed E-state index contributed by atoms with van der Waals surface area (Å²) < 4.78 is 23.7. The summed E-state index contributed by atoms with van der Waals surface area (Å²) in [5.41, 5.74) is 1.72. The maximum absolute atomic E-state index is 11.9. The lowest BCUT2D eigenvalue weighted by atomic mass is 9.70. The summed E-state index contributed by atoms with van der Waals surface area (Å²) in [6, 6.07) is 8.06. The summed E-state index contributed by atoms with van der Waals surface area (Å²) in [7, 11) is -3.09. The molecule has 0 saturated heterocycles. The van der Waals surface area contributed by atoms with E-state index in [9.17, 15) is 8.42 Å². The summed E-state index contributed by atoms with van der Waals surface area (Å²) in [5, 5.41) is 3.78. The van der Waals surface area contributed by atoms with Crippen molar-refractivity contribution in [2.24, 2.45) is 5.41 Å². The molecule has 0 bridgehead atoms. The fourth-order valence-electron chi connectivity index (χ4n) is 4.53. The number of sulfone groups is 1. The first-order valence-electron chi connectivity index (χ1n) is 9.11. The smallest absolute Gasteiger partial charge is 0.178 e. The third-order valence-electron chi connectivity index (χ3n) is 5.97. The Hall–Kier alpha value is -0.870. The van der Waals surface area contributed by atoms with Crippen LogP contribution in [0.2, 0.25) is 0 Å². The molecule has 3 rings (SSSR count). The fourth-order valence-corrected chi connectivity index (χ4v) is 5.42. The van der Waals surface area contributed by atoms with E-state index in [-0.39, 0.29) is 5.75 Å². The monoisotopic (exact) mass is 335 g/mol. The predicted molar refractivity (Wildman–Crippen MR) is 94.2 cm³/mol. The van der Waals surface area contributed by atoms with Crippen LogP contribution in [-0.2, 0) is 16.4 Å². The van der Waals surface area contributed by atoms with Gasteiger partial charge in [0, 0.05) is 12.6 Å². The molecule has 2 saturated carbocycles. The van der Waals surface area contributed by atoms with Crippen molar-refractivity contribution in [1.82, 2.24) is 5.32 Å². The van der Waals surface area contributed by atoms with Crippen LogP contribution >= 0.6 is 0 Å². The maximum atomic E-state index is 11.9. The van der Waals surface area contributed by atoms with Crippen LogP contribution in [-0.4, -0.2) is 20.2 Å². The Morgan fingerprint density at radius 2 is 1.70 bits per heavy atom. The Morgan fingerprint density at radius 1 is 1.04 bits per heavy atom. The molecular formula is C19H29NO2S. The second kappa shape index (κ2) is 6.94. The minimum atomic E-state index is -3.09. The van der Waals surface area contributed by atoms with Gasteiger partial charge in [0.05, 0.1) is 10.6 Å². The Balaban J connectivity index is 1.62. The summed E-state index contributed by atoms with van der Waals surface area (Å²) >= 11 is 0. The minimum absolute atomic E-state index is 0.162. The fraction of sp³-hybridized carbons (Fsp3) is 0.684. The highest BCUT2D eigenvalue weighted by molar-refractivity contribution is 7.91. The number of hydrogen-bond donors (Lipinski definition) is 1. The van der Waals surface area contributed by atoms with Crippen LogP contribution < -0.4 is 5.32 Å². The normalized spacial score (nSPS) is 24.1. The molecule has 2 aliphatic rings. The van der Waals surface area contributed by atoms with E-state index < -0.39 is 9.84 Å². The Kier molecular flexibility index (Phi) is 5.12. The number of hydrogen-bond acceptors (Lipinski definition) is 3. The molecule has 0 radical (unpaired) electrons. The van der Waals surface area contributed by atoms with E-state index in [4.69, 9.17) is 0 Å².